The molecule has 0 unspecified atom stereocenters. The largest absolute Gasteiger partial charge is 0.416 e. The lowest BCUT2D eigenvalue weighted by Crippen LogP contribution is -2.54. The number of hydrogen-bond acceptors (Lipinski definition) is 1. The summed E-state index contributed by atoms with van der Waals surface area (Å²) in [7, 11) is 1.73. The van der Waals surface area contributed by atoms with E-state index in [1.165, 1.54) is 12.1 Å². The van der Waals surface area contributed by atoms with E-state index in [4.69, 9.17) is 0 Å². The first-order valence-corrected chi connectivity index (χ1v) is 4.86. The second kappa shape index (κ2) is 3.45. The maximum absolute atomic E-state index is 14.0. The highest BCUT2D eigenvalue weighted by Gasteiger charge is 2.44. The van der Waals surface area contributed by atoms with Crippen LogP contribution in [0.2, 0.25) is 0 Å². The lowest BCUT2D eigenvalue weighted by atomic mass is 9.87. The van der Waals surface area contributed by atoms with Crippen LogP contribution in [-0.4, -0.2) is 25.0 Å². The van der Waals surface area contributed by atoms with Crippen molar-refractivity contribution in [1.29, 1.82) is 0 Å². The third-order valence-corrected chi connectivity index (χ3v) is 2.75. The van der Waals surface area contributed by atoms with E-state index in [0.717, 1.165) is 12.1 Å². The normalized spacial score (nSPS) is 20.6. The summed E-state index contributed by atoms with van der Waals surface area (Å²) in [5, 5.41) is 0. The van der Waals surface area contributed by atoms with Crippen molar-refractivity contribution in [3.63, 3.8) is 0 Å². The summed E-state index contributed by atoms with van der Waals surface area (Å²) in [4.78, 5) is 1.72. The Labute approximate surface area is 90.7 Å². The number of likely N-dealkylation sites (tertiary alicyclic amines) is 1. The smallest absolute Gasteiger partial charge is 0.299 e. The minimum atomic E-state index is -4.41. The van der Waals surface area contributed by atoms with E-state index in [1.54, 1.807) is 11.9 Å². The molecule has 1 aliphatic rings. The first kappa shape index (κ1) is 11.4. The molecule has 0 spiro atoms. The standard InChI is InChI=1S/C11H11F4N/c1-16-6-10(12,7-16)8-3-2-4-9(5-8)11(13,14)15/h2-5H,6-7H2,1H3. The van der Waals surface area contributed by atoms with Crippen LogP contribution in [0.15, 0.2) is 24.3 Å². The Morgan fingerprint density at radius 1 is 1.25 bits per heavy atom. The summed E-state index contributed by atoms with van der Waals surface area (Å²) >= 11 is 0. The van der Waals surface area contributed by atoms with Gasteiger partial charge in [-0.15, -0.1) is 0 Å². The molecule has 1 fully saturated rings. The van der Waals surface area contributed by atoms with E-state index in [1.807, 2.05) is 0 Å². The van der Waals surface area contributed by atoms with Crippen molar-refractivity contribution in [2.45, 2.75) is 11.8 Å². The molecule has 2 rings (SSSR count). The highest BCUT2D eigenvalue weighted by molar-refractivity contribution is 5.32. The van der Waals surface area contributed by atoms with Crippen molar-refractivity contribution < 1.29 is 17.6 Å². The zero-order valence-electron chi connectivity index (χ0n) is 8.68. The predicted molar refractivity (Wildman–Crippen MR) is 51.7 cm³/mol. The van der Waals surface area contributed by atoms with Gasteiger partial charge in [-0.2, -0.15) is 13.2 Å². The second-order valence-electron chi connectivity index (χ2n) is 4.22. The first-order chi connectivity index (χ1) is 7.31. The number of halogens is 4. The van der Waals surface area contributed by atoms with Crippen molar-refractivity contribution in [2.75, 3.05) is 20.1 Å². The maximum atomic E-state index is 14.0. The maximum Gasteiger partial charge on any atom is 0.416 e. The Morgan fingerprint density at radius 2 is 1.88 bits per heavy atom. The lowest BCUT2D eigenvalue weighted by molar-refractivity contribution is -0.137. The third-order valence-electron chi connectivity index (χ3n) is 2.75. The van der Waals surface area contributed by atoms with Gasteiger partial charge in [-0.25, -0.2) is 4.39 Å². The topological polar surface area (TPSA) is 3.24 Å². The van der Waals surface area contributed by atoms with Crippen LogP contribution in [0.4, 0.5) is 17.6 Å². The van der Waals surface area contributed by atoms with E-state index < -0.39 is 17.4 Å². The zero-order chi connectivity index (χ0) is 12.0. The summed E-state index contributed by atoms with van der Waals surface area (Å²) in [5.74, 6) is 0. The molecular weight excluding hydrogens is 222 g/mol. The molecule has 0 bridgehead atoms. The summed E-state index contributed by atoms with van der Waals surface area (Å²) in [6, 6.07) is 4.50. The Kier molecular flexibility index (Phi) is 2.45. The fourth-order valence-corrected chi connectivity index (χ4v) is 1.97. The minimum Gasteiger partial charge on any atom is -0.299 e. The van der Waals surface area contributed by atoms with Gasteiger partial charge in [0.15, 0.2) is 5.67 Å². The second-order valence-corrected chi connectivity index (χ2v) is 4.22. The molecule has 1 saturated heterocycles. The molecule has 0 radical (unpaired) electrons. The molecular formula is C11H11F4N. The number of hydrogen-bond donors (Lipinski definition) is 0. The number of alkyl halides is 4. The van der Waals surface area contributed by atoms with E-state index in [-0.39, 0.29) is 18.7 Å². The molecule has 1 nitrogen and oxygen atoms in total. The van der Waals surface area contributed by atoms with Crippen molar-refractivity contribution in [1.82, 2.24) is 4.90 Å². The van der Waals surface area contributed by atoms with E-state index in [0.29, 0.717) is 0 Å². The predicted octanol–water partition coefficient (Wildman–Crippen LogP) is 2.82. The zero-order valence-corrected chi connectivity index (χ0v) is 8.68. The van der Waals surface area contributed by atoms with Gasteiger partial charge in [-0.1, -0.05) is 12.1 Å². The summed E-state index contributed by atoms with van der Waals surface area (Å²) in [6.45, 7) is 0.294. The summed E-state index contributed by atoms with van der Waals surface area (Å²) < 4.78 is 51.3. The van der Waals surface area contributed by atoms with E-state index in [2.05, 4.69) is 0 Å². The van der Waals surface area contributed by atoms with Gasteiger partial charge in [0.25, 0.3) is 0 Å². The van der Waals surface area contributed by atoms with E-state index >= 15 is 0 Å². The van der Waals surface area contributed by atoms with Crippen molar-refractivity contribution in [3.05, 3.63) is 35.4 Å². The molecule has 16 heavy (non-hydrogen) atoms. The van der Waals surface area contributed by atoms with Crippen LogP contribution < -0.4 is 0 Å². The summed E-state index contributed by atoms with van der Waals surface area (Å²) in [5.41, 5.74) is -2.31. The van der Waals surface area contributed by atoms with Crippen molar-refractivity contribution in [3.8, 4) is 0 Å². The van der Waals surface area contributed by atoms with Crippen LogP contribution in [-0.2, 0) is 11.8 Å². The molecule has 1 aliphatic heterocycles. The molecule has 1 aromatic rings. The molecule has 0 aliphatic carbocycles. The van der Waals surface area contributed by atoms with Gasteiger partial charge in [-0.3, -0.25) is 4.90 Å². The van der Waals surface area contributed by atoms with Crippen molar-refractivity contribution in [2.24, 2.45) is 0 Å². The molecule has 88 valence electrons. The van der Waals surface area contributed by atoms with Gasteiger partial charge in [0.05, 0.1) is 5.56 Å². The fraction of sp³-hybridized carbons (Fsp3) is 0.455. The van der Waals surface area contributed by atoms with Crippen LogP contribution in [0.5, 0.6) is 0 Å². The van der Waals surface area contributed by atoms with Crippen LogP contribution in [0, 0.1) is 0 Å². The average molecular weight is 233 g/mol. The van der Waals surface area contributed by atoms with Gasteiger partial charge in [-0.05, 0) is 24.7 Å². The van der Waals surface area contributed by atoms with Gasteiger partial charge in [0.2, 0.25) is 0 Å². The first-order valence-electron chi connectivity index (χ1n) is 4.86. The Balaban J connectivity index is 2.30. The number of nitrogens with zero attached hydrogens (tertiary/aromatic N) is 1. The average Bonchev–Trinajstić information content (AvgIpc) is 2.14. The monoisotopic (exact) mass is 233 g/mol. The molecule has 1 aromatic carbocycles. The number of rotatable bonds is 1. The Bertz CT molecular complexity index is 393. The molecule has 0 amide bonds. The fourth-order valence-electron chi connectivity index (χ4n) is 1.97. The Hall–Kier alpha value is -1.10. The minimum absolute atomic E-state index is 0.112. The van der Waals surface area contributed by atoms with E-state index in [9.17, 15) is 17.6 Å². The van der Waals surface area contributed by atoms with Crippen molar-refractivity contribution >= 4 is 0 Å². The van der Waals surface area contributed by atoms with Gasteiger partial charge < -0.3 is 0 Å². The van der Waals surface area contributed by atoms with Gasteiger partial charge in [0, 0.05) is 13.1 Å². The highest BCUT2D eigenvalue weighted by Crippen LogP contribution is 2.38. The molecule has 1 heterocycles. The summed E-state index contributed by atoms with van der Waals surface area (Å²) in [6.07, 6.45) is -4.41. The highest BCUT2D eigenvalue weighted by atomic mass is 19.4. The lowest BCUT2D eigenvalue weighted by Gasteiger charge is -2.42. The quantitative estimate of drug-likeness (QED) is 0.674. The van der Waals surface area contributed by atoms with Crippen LogP contribution in [0.3, 0.4) is 0 Å². The number of benzene rings is 1. The molecule has 0 N–H and O–H groups in total. The van der Waals surface area contributed by atoms with Crippen LogP contribution >= 0.6 is 0 Å². The molecule has 0 saturated carbocycles. The van der Waals surface area contributed by atoms with Crippen LogP contribution in [0.25, 0.3) is 0 Å². The molecule has 0 atom stereocenters. The van der Waals surface area contributed by atoms with Gasteiger partial charge in [0.1, 0.15) is 0 Å². The molecule has 5 heteroatoms. The third kappa shape index (κ3) is 1.91. The van der Waals surface area contributed by atoms with Gasteiger partial charge >= 0.3 is 6.18 Å². The number of likely N-dealkylation sites (N-methyl/N-ethyl adjacent to an activating group) is 1. The Morgan fingerprint density at radius 3 is 2.38 bits per heavy atom. The van der Waals surface area contributed by atoms with Crippen LogP contribution in [0.1, 0.15) is 11.1 Å². The SMILES string of the molecule is CN1CC(F)(c2cccc(C(F)(F)F)c2)C1. The molecule has 0 aromatic heterocycles.